The van der Waals surface area contributed by atoms with Gasteiger partial charge in [-0.1, -0.05) is 6.07 Å². The van der Waals surface area contributed by atoms with Crippen molar-refractivity contribution in [3.05, 3.63) is 30.1 Å². The average Bonchev–Trinajstić information content (AvgIpc) is 2.42. The van der Waals surface area contributed by atoms with Crippen LogP contribution in [0.25, 0.3) is 0 Å². The van der Waals surface area contributed by atoms with Crippen LogP contribution in [0, 0.1) is 0 Å². The fraction of sp³-hybridized carbons (Fsp3) is 0.417. The Labute approximate surface area is 116 Å². The van der Waals surface area contributed by atoms with Gasteiger partial charge in [-0.05, 0) is 30.6 Å². The second-order valence-electron chi connectivity index (χ2n) is 3.82. The number of pyridine rings is 1. The van der Waals surface area contributed by atoms with Crippen LogP contribution in [0.2, 0.25) is 0 Å². The minimum atomic E-state index is -1.03. The molecule has 1 aromatic heterocycles. The number of aliphatic carboxylic acids is 1. The molecule has 7 heteroatoms. The molecule has 0 fully saturated rings. The van der Waals surface area contributed by atoms with Gasteiger partial charge in [-0.3, -0.25) is 4.98 Å². The average molecular weight is 283 g/mol. The van der Waals surface area contributed by atoms with Gasteiger partial charge in [0, 0.05) is 6.20 Å². The van der Waals surface area contributed by atoms with Gasteiger partial charge in [0.25, 0.3) is 0 Å². The minimum Gasteiger partial charge on any atom is -0.480 e. The molecule has 104 valence electrons. The highest BCUT2D eigenvalue weighted by atomic mass is 32.2. The predicted octanol–water partition coefficient (Wildman–Crippen LogP) is 1.09. The molecule has 2 amide bonds. The normalized spacial score (nSPS) is 11.6. The Balaban J connectivity index is 2.38. The van der Waals surface area contributed by atoms with Gasteiger partial charge in [-0.2, -0.15) is 11.8 Å². The number of aromatic nitrogens is 1. The van der Waals surface area contributed by atoms with Crippen molar-refractivity contribution in [3.63, 3.8) is 0 Å². The summed E-state index contributed by atoms with van der Waals surface area (Å²) in [4.78, 5) is 26.6. The number of hydrogen-bond donors (Lipinski definition) is 3. The number of carbonyl (C=O) groups excluding carboxylic acids is 1. The summed E-state index contributed by atoms with van der Waals surface area (Å²) in [5.74, 6) is -0.348. The number of carboxylic acids is 1. The van der Waals surface area contributed by atoms with Gasteiger partial charge in [-0.25, -0.2) is 9.59 Å². The highest BCUT2D eigenvalue weighted by Crippen LogP contribution is 2.01. The summed E-state index contributed by atoms with van der Waals surface area (Å²) in [6.45, 7) is 0.265. The summed E-state index contributed by atoms with van der Waals surface area (Å²) >= 11 is 1.54. The Hall–Kier alpha value is -1.76. The molecule has 1 rings (SSSR count). The fourth-order valence-corrected chi connectivity index (χ4v) is 1.85. The molecule has 0 saturated carbocycles. The van der Waals surface area contributed by atoms with E-state index in [1.54, 1.807) is 18.3 Å². The molecular formula is C12H17N3O3S. The van der Waals surface area contributed by atoms with Crippen molar-refractivity contribution in [2.45, 2.75) is 19.0 Å². The summed E-state index contributed by atoms with van der Waals surface area (Å²) in [7, 11) is 0. The summed E-state index contributed by atoms with van der Waals surface area (Å²) in [5.41, 5.74) is 0.716. The summed E-state index contributed by atoms with van der Waals surface area (Å²) < 4.78 is 0. The molecule has 0 aliphatic rings. The van der Waals surface area contributed by atoms with E-state index in [1.165, 1.54) is 11.8 Å². The fourth-order valence-electron chi connectivity index (χ4n) is 1.38. The lowest BCUT2D eigenvalue weighted by Gasteiger charge is -2.14. The van der Waals surface area contributed by atoms with Crippen LogP contribution in [-0.4, -0.2) is 40.1 Å². The minimum absolute atomic E-state index is 0.265. The Morgan fingerprint density at radius 1 is 1.47 bits per heavy atom. The first-order chi connectivity index (χ1) is 9.13. The molecule has 1 atom stereocenters. The summed E-state index contributed by atoms with van der Waals surface area (Å²) in [6.07, 6.45) is 3.92. The second kappa shape index (κ2) is 8.36. The van der Waals surface area contributed by atoms with Crippen molar-refractivity contribution in [2.24, 2.45) is 0 Å². The number of nitrogens with one attached hydrogen (secondary N) is 2. The SMILES string of the molecule is CSCCC(NC(=O)NCc1ccccn1)C(=O)O. The van der Waals surface area contributed by atoms with E-state index >= 15 is 0 Å². The zero-order valence-electron chi connectivity index (χ0n) is 10.6. The third-order valence-corrected chi connectivity index (χ3v) is 3.01. The molecule has 1 unspecified atom stereocenters. The predicted molar refractivity (Wildman–Crippen MR) is 74.0 cm³/mol. The van der Waals surface area contributed by atoms with Crippen LogP contribution in [-0.2, 0) is 11.3 Å². The number of carbonyl (C=O) groups is 2. The van der Waals surface area contributed by atoms with Crippen LogP contribution >= 0.6 is 11.8 Å². The van der Waals surface area contributed by atoms with Gasteiger partial charge < -0.3 is 15.7 Å². The molecule has 19 heavy (non-hydrogen) atoms. The van der Waals surface area contributed by atoms with Gasteiger partial charge >= 0.3 is 12.0 Å². The van der Waals surface area contributed by atoms with Gasteiger partial charge in [0.1, 0.15) is 6.04 Å². The Morgan fingerprint density at radius 3 is 2.84 bits per heavy atom. The van der Waals surface area contributed by atoms with E-state index in [-0.39, 0.29) is 6.54 Å². The van der Waals surface area contributed by atoms with Gasteiger partial charge in [0.15, 0.2) is 0 Å². The number of nitrogens with zero attached hydrogens (tertiary/aromatic N) is 1. The van der Waals surface area contributed by atoms with E-state index < -0.39 is 18.0 Å². The number of rotatable bonds is 7. The van der Waals surface area contributed by atoms with Crippen molar-refractivity contribution in [1.82, 2.24) is 15.6 Å². The third-order valence-electron chi connectivity index (χ3n) is 2.37. The van der Waals surface area contributed by atoms with Crippen LogP contribution < -0.4 is 10.6 Å². The first kappa shape index (κ1) is 15.3. The van der Waals surface area contributed by atoms with E-state index in [0.29, 0.717) is 17.9 Å². The molecule has 0 aliphatic carbocycles. The first-order valence-electron chi connectivity index (χ1n) is 5.79. The van der Waals surface area contributed by atoms with Crippen LogP contribution in [0.4, 0.5) is 4.79 Å². The van der Waals surface area contributed by atoms with E-state index in [9.17, 15) is 9.59 Å². The van der Waals surface area contributed by atoms with Crippen molar-refractivity contribution >= 4 is 23.8 Å². The maximum Gasteiger partial charge on any atom is 0.326 e. The van der Waals surface area contributed by atoms with Gasteiger partial charge in [0.2, 0.25) is 0 Å². The Kier molecular flexibility index (Phi) is 6.73. The van der Waals surface area contributed by atoms with Gasteiger partial charge in [0.05, 0.1) is 12.2 Å². The van der Waals surface area contributed by atoms with Crippen molar-refractivity contribution in [3.8, 4) is 0 Å². The molecule has 1 heterocycles. The molecule has 6 nitrogen and oxygen atoms in total. The van der Waals surface area contributed by atoms with E-state index in [0.717, 1.165) is 0 Å². The largest absolute Gasteiger partial charge is 0.480 e. The molecule has 0 bridgehead atoms. The molecule has 0 radical (unpaired) electrons. The molecule has 0 aromatic carbocycles. The highest BCUT2D eigenvalue weighted by molar-refractivity contribution is 7.98. The molecule has 1 aromatic rings. The first-order valence-corrected chi connectivity index (χ1v) is 7.19. The maximum absolute atomic E-state index is 11.6. The van der Waals surface area contributed by atoms with E-state index in [4.69, 9.17) is 5.11 Å². The zero-order chi connectivity index (χ0) is 14.1. The van der Waals surface area contributed by atoms with Crippen LogP contribution in [0.1, 0.15) is 12.1 Å². The number of carboxylic acid groups (broad SMARTS) is 1. The number of urea groups is 1. The number of thioether (sulfide) groups is 1. The lowest BCUT2D eigenvalue weighted by Crippen LogP contribution is -2.46. The topological polar surface area (TPSA) is 91.3 Å². The molecule has 0 aliphatic heterocycles. The van der Waals surface area contributed by atoms with Crippen molar-refractivity contribution in [2.75, 3.05) is 12.0 Å². The smallest absolute Gasteiger partial charge is 0.326 e. The number of amides is 2. The molecule has 0 spiro atoms. The standard InChI is InChI=1S/C12H17N3O3S/c1-19-7-5-10(11(16)17)15-12(18)14-8-9-4-2-3-6-13-9/h2-4,6,10H,5,7-8H2,1H3,(H,16,17)(H2,14,15,18). The van der Waals surface area contributed by atoms with Crippen LogP contribution in [0.3, 0.4) is 0 Å². The third kappa shape index (κ3) is 6.10. The Morgan fingerprint density at radius 2 is 2.26 bits per heavy atom. The highest BCUT2D eigenvalue weighted by Gasteiger charge is 2.18. The number of hydrogen-bond acceptors (Lipinski definition) is 4. The monoisotopic (exact) mass is 283 g/mol. The molecular weight excluding hydrogens is 266 g/mol. The zero-order valence-corrected chi connectivity index (χ0v) is 11.4. The van der Waals surface area contributed by atoms with Crippen molar-refractivity contribution < 1.29 is 14.7 Å². The Bertz CT molecular complexity index is 414. The maximum atomic E-state index is 11.6. The van der Waals surface area contributed by atoms with Crippen LogP contribution in [0.5, 0.6) is 0 Å². The van der Waals surface area contributed by atoms with E-state index in [2.05, 4.69) is 15.6 Å². The van der Waals surface area contributed by atoms with Crippen LogP contribution in [0.15, 0.2) is 24.4 Å². The quantitative estimate of drug-likeness (QED) is 0.696. The van der Waals surface area contributed by atoms with Crippen molar-refractivity contribution in [1.29, 1.82) is 0 Å². The molecule has 0 saturated heterocycles. The summed E-state index contributed by atoms with van der Waals surface area (Å²) in [6, 6.07) is 4.02. The lowest BCUT2D eigenvalue weighted by atomic mass is 10.2. The summed E-state index contributed by atoms with van der Waals surface area (Å²) in [5, 5.41) is 14.0. The lowest BCUT2D eigenvalue weighted by molar-refractivity contribution is -0.139. The second-order valence-corrected chi connectivity index (χ2v) is 4.81. The van der Waals surface area contributed by atoms with E-state index in [1.807, 2.05) is 12.3 Å². The molecule has 3 N–H and O–H groups in total. The van der Waals surface area contributed by atoms with Gasteiger partial charge in [-0.15, -0.1) is 0 Å².